The van der Waals surface area contributed by atoms with E-state index in [0.29, 0.717) is 19.3 Å². The number of nitrogens with one attached hydrogen (secondary N) is 1. The number of ether oxygens (including phenoxy) is 1. The lowest BCUT2D eigenvalue weighted by Crippen LogP contribution is -2.61. The molecule has 0 radical (unpaired) electrons. The lowest BCUT2D eigenvalue weighted by atomic mass is 9.98. The molecule has 1 N–H and O–H groups in total. The molecule has 0 aromatic carbocycles. The highest BCUT2D eigenvalue weighted by Crippen LogP contribution is 2.23. The van der Waals surface area contributed by atoms with Gasteiger partial charge in [-0.3, -0.25) is 5.32 Å². The fourth-order valence-corrected chi connectivity index (χ4v) is 1.95. The van der Waals surface area contributed by atoms with Gasteiger partial charge in [-0.05, 0) is 12.8 Å². The van der Waals surface area contributed by atoms with Crippen molar-refractivity contribution in [3.8, 4) is 6.07 Å². The predicted octanol–water partition coefficient (Wildman–Crippen LogP) is 0.811. The molecule has 1 saturated carbocycles. The lowest BCUT2D eigenvalue weighted by molar-refractivity contribution is -0.0484. The van der Waals surface area contributed by atoms with Crippen molar-refractivity contribution in [1.82, 2.24) is 5.32 Å². The number of nitrogens with zero attached hydrogens (tertiary/aromatic N) is 1. The van der Waals surface area contributed by atoms with E-state index in [1.165, 1.54) is 25.7 Å². The Balaban J connectivity index is 1.88. The molecule has 2 fully saturated rings. The maximum absolute atomic E-state index is 8.90. The summed E-state index contributed by atoms with van der Waals surface area (Å²) in [4.78, 5) is 0. The predicted molar refractivity (Wildman–Crippen MR) is 44.6 cm³/mol. The number of rotatable bonds is 2. The van der Waals surface area contributed by atoms with Crippen molar-refractivity contribution in [2.45, 2.75) is 37.3 Å². The summed E-state index contributed by atoms with van der Waals surface area (Å²) in [5.41, 5.74) is -0.338. The molecule has 2 aliphatic rings. The van der Waals surface area contributed by atoms with Gasteiger partial charge in [0.1, 0.15) is 0 Å². The fourth-order valence-electron chi connectivity index (χ4n) is 1.95. The van der Waals surface area contributed by atoms with Crippen molar-refractivity contribution in [1.29, 1.82) is 5.26 Å². The van der Waals surface area contributed by atoms with Crippen molar-refractivity contribution < 1.29 is 4.74 Å². The van der Waals surface area contributed by atoms with Crippen molar-refractivity contribution in [3.05, 3.63) is 0 Å². The van der Waals surface area contributed by atoms with E-state index in [1.807, 2.05) is 0 Å². The second-order valence-corrected chi connectivity index (χ2v) is 3.81. The second kappa shape index (κ2) is 3.04. The highest BCUT2D eigenvalue weighted by Gasteiger charge is 2.40. The standard InChI is InChI=1S/C9H14N2O/c10-5-9(6-12-7-9)11-8-3-1-2-4-8/h8,11H,1-4,6-7H2. The van der Waals surface area contributed by atoms with Gasteiger partial charge in [-0.25, -0.2) is 0 Å². The van der Waals surface area contributed by atoms with Gasteiger partial charge in [0.2, 0.25) is 0 Å². The van der Waals surface area contributed by atoms with E-state index in [1.54, 1.807) is 0 Å². The molecule has 0 aromatic heterocycles. The van der Waals surface area contributed by atoms with E-state index in [-0.39, 0.29) is 5.54 Å². The van der Waals surface area contributed by atoms with Crippen LogP contribution in [0.25, 0.3) is 0 Å². The van der Waals surface area contributed by atoms with E-state index in [0.717, 1.165) is 0 Å². The van der Waals surface area contributed by atoms with Crippen LogP contribution in [0.5, 0.6) is 0 Å². The molecule has 0 amide bonds. The Kier molecular flexibility index (Phi) is 2.03. The monoisotopic (exact) mass is 166 g/mol. The molecule has 1 heterocycles. The van der Waals surface area contributed by atoms with Crippen LogP contribution in [-0.4, -0.2) is 24.8 Å². The van der Waals surface area contributed by atoms with Crippen LogP contribution in [0, 0.1) is 11.3 Å². The van der Waals surface area contributed by atoms with Gasteiger partial charge in [-0.1, -0.05) is 12.8 Å². The van der Waals surface area contributed by atoms with Gasteiger partial charge >= 0.3 is 0 Å². The van der Waals surface area contributed by atoms with Gasteiger partial charge in [-0.2, -0.15) is 5.26 Å². The first-order valence-electron chi connectivity index (χ1n) is 4.61. The molecule has 2 rings (SSSR count). The van der Waals surface area contributed by atoms with Crippen LogP contribution in [0.1, 0.15) is 25.7 Å². The molecule has 0 bridgehead atoms. The molecule has 0 unspecified atom stereocenters. The Hall–Kier alpha value is -0.590. The van der Waals surface area contributed by atoms with Crippen LogP contribution in [0.3, 0.4) is 0 Å². The summed E-state index contributed by atoms with van der Waals surface area (Å²) in [6.45, 7) is 1.14. The third-order valence-electron chi connectivity index (χ3n) is 2.75. The average Bonchev–Trinajstić information content (AvgIpc) is 2.49. The Morgan fingerprint density at radius 2 is 2.00 bits per heavy atom. The second-order valence-electron chi connectivity index (χ2n) is 3.81. The molecule has 1 aliphatic heterocycles. The Bertz CT molecular complexity index is 199. The van der Waals surface area contributed by atoms with E-state index < -0.39 is 0 Å². The normalized spacial score (nSPS) is 27.9. The van der Waals surface area contributed by atoms with Crippen molar-refractivity contribution in [2.24, 2.45) is 0 Å². The maximum atomic E-state index is 8.90. The summed E-state index contributed by atoms with van der Waals surface area (Å²) < 4.78 is 5.05. The van der Waals surface area contributed by atoms with E-state index in [9.17, 15) is 0 Å². The largest absolute Gasteiger partial charge is 0.375 e. The van der Waals surface area contributed by atoms with Gasteiger partial charge in [0.15, 0.2) is 5.54 Å². The van der Waals surface area contributed by atoms with Crippen molar-refractivity contribution >= 4 is 0 Å². The molecule has 0 atom stereocenters. The number of hydrogen-bond acceptors (Lipinski definition) is 3. The van der Waals surface area contributed by atoms with Gasteiger partial charge in [0.25, 0.3) is 0 Å². The quantitative estimate of drug-likeness (QED) is 0.660. The third kappa shape index (κ3) is 1.33. The minimum absolute atomic E-state index is 0.338. The summed E-state index contributed by atoms with van der Waals surface area (Å²) in [6.07, 6.45) is 5.06. The van der Waals surface area contributed by atoms with Gasteiger partial charge < -0.3 is 4.74 Å². The van der Waals surface area contributed by atoms with Crippen LogP contribution >= 0.6 is 0 Å². The zero-order valence-electron chi connectivity index (χ0n) is 7.18. The molecule has 1 saturated heterocycles. The molecule has 3 nitrogen and oxygen atoms in total. The Morgan fingerprint density at radius 3 is 2.42 bits per heavy atom. The maximum Gasteiger partial charge on any atom is 0.153 e. The van der Waals surface area contributed by atoms with Gasteiger partial charge in [0.05, 0.1) is 19.3 Å². The van der Waals surface area contributed by atoms with Crippen LogP contribution < -0.4 is 5.32 Å². The third-order valence-corrected chi connectivity index (χ3v) is 2.75. The highest BCUT2D eigenvalue weighted by atomic mass is 16.5. The summed E-state index contributed by atoms with van der Waals surface area (Å²) in [6, 6.07) is 2.87. The topological polar surface area (TPSA) is 45.0 Å². The Labute approximate surface area is 72.7 Å². The zero-order chi connectivity index (χ0) is 8.44. The van der Waals surface area contributed by atoms with E-state index >= 15 is 0 Å². The first-order chi connectivity index (χ1) is 5.85. The SMILES string of the molecule is N#CC1(NC2CCCC2)COC1. The summed E-state index contributed by atoms with van der Waals surface area (Å²) >= 11 is 0. The Morgan fingerprint density at radius 1 is 1.33 bits per heavy atom. The molecule has 0 aromatic rings. The molecule has 12 heavy (non-hydrogen) atoms. The van der Waals surface area contributed by atoms with Crippen molar-refractivity contribution in [2.75, 3.05) is 13.2 Å². The van der Waals surface area contributed by atoms with Crippen LogP contribution in [0.15, 0.2) is 0 Å². The summed E-state index contributed by atoms with van der Waals surface area (Å²) in [7, 11) is 0. The summed E-state index contributed by atoms with van der Waals surface area (Å²) in [5.74, 6) is 0. The average molecular weight is 166 g/mol. The van der Waals surface area contributed by atoms with E-state index in [2.05, 4.69) is 11.4 Å². The first kappa shape index (κ1) is 8.03. The summed E-state index contributed by atoms with van der Waals surface area (Å²) in [5, 5.41) is 12.3. The van der Waals surface area contributed by atoms with Crippen LogP contribution in [0.4, 0.5) is 0 Å². The van der Waals surface area contributed by atoms with Gasteiger partial charge in [-0.15, -0.1) is 0 Å². The number of nitriles is 1. The zero-order valence-corrected chi connectivity index (χ0v) is 7.18. The van der Waals surface area contributed by atoms with E-state index in [4.69, 9.17) is 10.00 Å². The number of hydrogen-bond donors (Lipinski definition) is 1. The van der Waals surface area contributed by atoms with Crippen molar-refractivity contribution in [3.63, 3.8) is 0 Å². The highest BCUT2D eigenvalue weighted by molar-refractivity contribution is 5.13. The molecular formula is C9H14N2O. The molecule has 0 spiro atoms. The first-order valence-corrected chi connectivity index (χ1v) is 4.61. The van der Waals surface area contributed by atoms with Crippen LogP contribution in [0.2, 0.25) is 0 Å². The molecule has 1 aliphatic carbocycles. The molecular weight excluding hydrogens is 152 g/mol. The fraction of sp³-hybridized carbons (Fsp3) is 0.889. The van der Waals surface area contributed by atoms with Gasteiger partial charge in [0, 0.05) is 6.04 Å². The van der Waals surface area contributed by atoms with Crippen LogP contribution in [-0.2, 0) is 4.74 Å². The lowest BCUT2D eigenvalue weighted by Gasteiger charge is -2.38. The smallest absolute Gasteiger partial charge is 0.153 e. The molecule has 66 valence electrons. The molecule has 3 heteroatoms. The minimum Gasteiger partial charge on any atom is -0.375 e. The minimum atomic E-state index is -0.338.